The van der Waals surface area contributed by atoms with Gasteiger partial charge in [0.25, 0.3) is 0 Å². The zero-order chi connectivity index (χ0) is 16.1. The zero-order valence-corrected chi connectivity index (χ0v) is 12.5. The summed E-state index contributed by atoms with van der Waals surface area (Å²) in [5, 5.41) is 14.9. The molecule has 7 heteroatoms. The van der Waals surface area contributed by atoms with E-state index in [0.29, 0.717) is 13.1 Å². The predicted molar refractivity (Wildman–Crippen MR) is 77.4 cm³/mol. The second kappa shape index (κ2) is 6.98. The number of aliphatic hydroxyl groups is 1. The summed E-state index contributed by atoms with van der Waals surface area (Å²) in [6.45, 7) is 6.35. The van der Waals surface area contributed by atoms with Crippen LogP contribution in [0.15, 0.2) is 12.1 Å². The molecule has 1 heterocycles. The maximum atomic E-state index is 12.9. The highest BCUT2D eigenvalue weighted by atomic mass is 19.4. The Morgan fingerprint density at radius 2 is 1.71 bits per heavy atom. The third kappa shape index (κ3) is 5.79. The Morgan fingerprint density at radius 1 is 1.14 bits per heavy atom. The zero-order valence-electron chi connectivity index (χ0n) is 12.5. The molecule has 0 unspecified atom stereocenters. The molecule has 0 radical (unpaired) electrons. The maximum Gasteiger partial charge on any atom is 0.416 e. The number of alkyl halides is 3. The quantitative estimate of drug-likeness (QED) is 0.723. The van der Waals surface area contributed by atoms with Gasteiger partial charge in [-0.1, -0.05) is 20.8 Å². The molecular weight excluding hydrogens is 283 g/mol. The first-order valence-electron chi connectivity index (χ1n) is 6.86. The molecular formula is C14H22F3N3O. The molecule has 0 atom stereocenters. The molecule has 0 aromatic carbocycles. The molecule has 1 aromatic heterocycles. The third-order valence-electron chi connectivity index (χ3n) is 2.88. The van der Waals surface area contributed by atoms with E-state index in [1.165, 1.54) is 0 Å². The number of hydrogen-bond donors (Lipinski definition) is 3. The first-order valence-corrected chi connectivity index (χ1v) is 6.86. The van der Waals surface area contributed by atoms with Crippen molar-refractivity contribution in [3.63, 3.8) is 0 Å². The van der Waals surface area contributed by atoms with Crippen LogP contribution < -0.4 is 10.6 Å². The van der Waals surface area contributed by atoms with Crippen LogP contribution in [0, 0.1) is 5.41 Å². The standard InChI is InChI=1S/C14H22F3N3O/c1-4-5-18-11-6-10(14(15,16)17)7-12(20-11)19-8-13(2,3)9-21/h6-7,21H,4-5,8-9H2,1-3H3,(H2,18,19,20). The van der Waals surface area contributed by atoms with Crippen LogP contribution in [0.5, 0.6) is 0 Å². The molecule has 4 nitrogen and oxygen atoms in total. The number of pyridine rings is 1. The Kier molecular flexibility index (Phi) is 5.83. The third-order valence-corrected chi connectivity index (χ3v) is 2.88. The highest BCUT2D eigenvalue weighted by Crippen LogP contribution is 2.32. The Morgan fingerprint density at radius 3 is 2.19 bits per heavy atom. The topological polar surface area (TPSA) is 57.2 Å². The van der Waals surface area contributed by atoms with Gasteiger partial charge < -0.3 is 15.7 Å². The minimum Gasteiger partial charge on any atom is -0.396 e. The minimum absolute atomic E-state index is 0.0695. The van der Waals surface area contributed by atoms with Crippen molar-refractivity contribution in [2.24, 2.45) is 5.41 Å². The molecule has 21 heavy (non-hydrogen) atoms. The number of nitrogens with zero attached hydrogens (tertiary/aromatic N) is 1. The van der Waals surface area contributed by atoms with Gasteiger partial charge in [0.05, 0.1) is 5.56 Å². The fourth-order valence-corrected chi connectivity index (χ4v) is 1.51. The van der Waals surface area contributed by atoms with Gasteiger partial charge in [-0.25, -0.2) is 4.98 Å². The number of anilines is 2. The van der Waals surface area contributed by atoms with E-state index in [0.717, 1.165) is 18.6 Å². The van der Waals surface area contributed by atoms with Crippen molar-refractivity contribution in [2.75, 3.05) is 30.3 Å². The highest BCUT2D eigenvalue weighted by Gasteiger charge is 2.31. The highest BCUT2D eigenvalue weighted by molar-refractivity contribution is 5.49. The van der Waals surface area contributed by atoms with Crippen molar-refractivity contribution in [2.45, 2.75) is 33.4 Å². The van der Waals surface area contributed by atoms with Gasteiger partial charge in [-0.05, 0) is 18.6 Å². The second-order valence-corrected chi connectivity index (χ2v) is 5.73. The van der Waals surface area contributed by atoms with Gasteiger partial charge in [0, 0.05) is 25.1 Å². The summed E-state index contributed by atoms with van der Waals surface area (Å²) in [6.07, 6.45) is -3.63. The van der Waals surface area contributed by atoms with Crippen LogP contribution in [0.2, 0.25) is 0 Å². The lowest BCUT2D eigenvalue weighted by Crippen LogP contribution is -2.27. The summed E-state index contributed by atoms with van der Waals surface area (Å²) in [5.74, 6) is 0.334. The normalized spacial score (nSPS) is 12.3. The number of rotatable bonds is 7. The van der Waals surface area contributed by atoms with Crippen LogP contribution in [0.1, 0.15) is 32.8 Å². The van der Waals surface area contributed by atoms with Crippen LogP contribution >= 0.6 is 0 Å². The average molecular weight is 305 g/mol. The summed E-state index contributed by atoms with van der Waals surface area (Å²) in [7, 11) is 0. The number of nitrogens with one attached hydrogen (secondary N) is 2. The maximum absolute atomic E-state index is 12.9. The molecule has 1 aromatic rings. The molecule has 0 aliphatic heterocycles. The average Bonchev–Trinajstić information content (AvgIpc) is 2.42. The summed E-state index contributed by atoms with van der Waals surface area (Å²) < 4.78 is 38.7. The predicted octanol–water partition coefficient (Wildman–Crippen LogP) is 3.35. The van der Waals surface area contributed by atoms with Gasteiger partial charge in [-0.3, -0.25) is 0 Å². The number of aromatic nitrogens is 1. The van der Waals surface area contributed by atoms with Crippen LogP contribution in [-0.2, 0) is 6.18 Å². The van der Waals surface area contributed by atoms with Gasteiger partial charge in [0.15, 0.2) is 0 Å². The van der Waals surface area contributed by atoms with Crippen LogP contribution in [0.25, 0.3) is 0 Å². The number of hydrogen-bond acceptors (Lipinski definition) is 4. The molecule has 120 valence electrons. The minimum atomic E-state index is -4.42. The van der Waals surface area contributed by atoms with E-state index < -0.39 is 17.2 Å². The van der Waals surface area contributed by atoms with Gasteiger partial charge in [0.1, 0.15) is 11.6 Å². The van der Waals surface area contributed by atoms with E-state index in [1.807, 2.05) is 20.8 Å². The SMILES string of the molecule is CCCNc1cc(C(F)(F)F)cc(NCC(C)(C)CO)n1. The van der Waals surface area contributed by atoms with Gasteiger partial charge >= 0.3 is 6.18 Å². The molecule has 0 saturated heterocycles. The molecule has 0 aliphatic carbocycles. The lowest BCUT2D eigenvalue weighted by molar-refractivity contribution is -0.137. The van der Waals surface area contributed by atoms with E-state index >= 15 is 0 Å². The lowest BCUT2D eigenvalue weighted by Gasteiger charge is -2.22. The second-order valence-electron chi connectivity index (χ2n) is 5.73. The van der Waals surface area contributed by atoms with Crippen LogP contribution in [0.4, 0.5) is 24.8 Å². The number of aliphatic hydroxyl groups excluding tert-OH is 1. The molecule has 1 rings (SSSR count). The fourth-order valence-electron chi connectivity index (χ4n) is 1.51. The van der Waals surface area contributed by atoms with Crippen molar-refractivity contribution in [3.8, 4) is 0 Å². The molecule has 3 N–H and O–H groups in total. The van der Waals surface area contributed by atoms with E-state index in [9.17, 15) is 18.3 Å². The van der Waals surface area contributed by atoms with Crippen molar-refractivity contribution >= 4 is 11.6 Å². The lowest BCUT2D eigenvalue weighted by atomic mass is 9.95. The van der Waals surface area contributed by atoms with Gasteiger partial charge in [0.2, 0.25) is 0 Å². The number of halogens is 3. The first-order chi connectivity index (χ1) is 9.68. The Bertz CT molecular complexity index is 461. The summed E-state index contributed by atoms with van der Waals surface area (Å²) in [6, 6.07) is 1.97. The molecule has 0 aliphatic rings. The molecule has 0 amide bonds. The summed E-state index contributed by atoms with van der Waals surface area (Å²) >= 11 is 0. The Hall–Kier alpha value is -1.50. The molecule has 0 bridgehead atoms. The Labute approximate surface area is 122 Å². The van der Waals surface area contributed by atoms with Crippen molar-refractivity contribution < 1.29 is 18.3 Å². The van der Waals surface area contributed by atoms with E-state index in [4.69, 9.17) is 0 Å². The first kappa shape index (κ1) is 17.6. The largest absolute Gasteiger partial charge is 0.416 e. The van der Waals surface area contributed by atoms with Crippen LogP contribution in [0.3, 0.4) is 0 Å². The van der Waals surface area contributed by atoms with E-state index in [2.05, 4.69) is 15.6 Å². The monoisotopic (exact) mass is 305 g/mol. The van der Waals surface area contributed by atoms with Crippen molar-refractivity contribution in [1.29, 1.82) is 0 Å². The smallest absolute Gasteiger partial charge is 0.396 e. The van der Waals surface area contributed by atoms with Crippen molar-refractivity contribution in [3.05, 3.63) is 17.7 Å². The molecule has 0 spiro atoms. The van der Waals surface area contributed by atoms with Crippen molar-refractivity contribution in [1.82, 2.24) is 4.98 Å². The van der Waals surface area contributed by atoms with Crippen LogP contribution in [-0.4, -0.2) is 29.8 Å². The van der Waals surface area contributed by atoms with Gasteiger partial charge in [-0.15, -0.1) is 0 Å². The fraction of sp³-hybridized carbons (Fsp3) is 0.643. The van der Waals surface area contributed by atoms with Gasteiger partial charge in [-0.2, -0.15) is 13.2 Å². The molecule has 0 saturated carbocycles. The van der Waals surface area contributed by atoms with E-state index in [-0.39, 0.29) is 18.2 Å². The molecule has 0 fully saturated rings. The summed E-state index contributed by atoms with van der Waals surface area (Å²) in [4.78, 5) is 4.12. The van der Waals surface area contributed by atoms with E-state index in [1.54, 1.807) is 0 Å². The summed E-state index contributed by atoms with van der Waals surface area (Å²) in [5.41, 5.74) is -1.19. The Balaban J connectivity index is 2.96.